The van der Waals surface area contributed by atoms with E-state index in [1.54, 1.807) is 74.5 Å². The summed E-state index contributed by atoms with van der Waals surface area (Å²) >= 11 is 18.3. The van der Waals surface area contributed by atoms with Gasteiger partial charge in [0.05, 0.1) is 5.71 Å². The summed E-state index contributed by atoms with van der Waals surface area (Å²) in [5.74, 6) is -1.13. The Balaban J connectivity index is 1.57. The number of hydrogen-bond acceptors (Lipinski definition) is 4. The van der Waals surface area contributed by atoms with E-state index in [2.05, 4.69) is 15.8 Å². The predicted molar refractivity (Wildman–Crippen MR) is 132 cm³/mol. The maximum Gasteiger partial charge on any atom is 0.329 e. The minimum Gasteiger partial charge on any atom is -0.489 e. The van der Waals surface area contributed by atoms with Crippen molar-refractivity contribution in [2.75, 3.05) is 5.32 Å². The van der Waals surface area contributed by atoms with Crippen LogP contribution in [-0.4, -0.2) is 17.5 Å². The zero-order valence-electron chi connectivity index (χ0n) is 17.8. The summed E-state index contributed by atoms with van der Waals surface area (Å²) < 4.78 is 5.75. The number of hydrazone groups is 1. The highest BCUT2D eigenvalue weighted by molar-refractivity contribution is 6.40. The zero-order valence-corrected chi connectivity index (χ0v) is 20.1. The van der Waals surface area contributed by atoms with Crippen LogP contribution in [0.5, 0.6) is 5.75 Å². The largest absolute Gasteiger partial charge is 0.489 e. The molecule has 3 rings (SSSR count). The summed E-state index contributed by atoms with van der Waals surface area (Å²) in [6.07, 6.45) is 0. The van der Waals surface area contributed by atoms with Gasteiger partial charge in [0.1, 0.15) is 12.4 Å². The van der Waals surface area contributed by atoms with E-state index in [-0.39, 0.29) is 6.61 Å². The van der Waals surface area contributed by atoms with Gasteiger partial charge in [-0.3, -0.25) is 9.59 Å². The van der Waals surface area contributed by atoms with Crippen LogP contribution in [-0.2, 0) is 16.2 Å². The summed E-state index contributed by atoms with van der Waals surface area (Å²) in [6, 6.07) is 17.4. The lowest BCUT2D eigenvalue weighted by molar-refractivity contribution is -0.136. The number of anilines is 1. The van der Waals surface area contributed by atoms with Crippen molar-refractivity contribution in [1.82, 2.24) is 5.43 Å². The summed E-state index contributed by atoms with van der Waals surface area (Å²) in [5.41, 5.74) is 5.33. The fraction of sp³-hybridized carbons (Fsp3) is 0.125. The van der Waals surface area contributed by atoms with E-state index in [0.29, 0.717) is 43.3 Å². The number of benzene rings is 3. The molecular formula is C24H20Cl3N3O3. The van der Waals surface area contributed by atoms with E-state index in [0.717, 1.165) is 5.56 Å². The first-order valence-corrected chi connectivity index (χ1v) is 11.0. The molecule has 0 atom stereocenters. The summed E-state index contributed by atoms with van der Waals surface area (Å²) in [5, 5.41) is 8.07. The van der Waals surface area contributed by atoms with Crippen molar-refractivity contribution in [2.45, 2.75) is 20.5 Å². The van der Waals surface area contributed by atoms with Crippen LogP contribution in [0.1, 0.15) is 23.6 Å². The highest BCUT2D eigenvalue weighted by atomic mass is 35.5. The van der Waals surface area contributed by atoms with Crippen molar-refractivity contribution in [3.05, 3.63) is 92.4 Å². The van der Waals surface area contributed by atoms with Crippen LogP contribution in [0.3, 0.4) is 0 Å². The quantitative estimate of drug-likeness (QED) is 0.245. The molecule has 0 fully saturated rings. The third-order valence-electron chi connectivity index (χ3n) is 4.76. The molecule has 0 bridgehead atoms. The lowest BCUT2D eigenvalue weighted by Gasteiger charge is -2.10. The Morgan fingerprint density at radius 3 is 2.15 bits per heavy atom. The zero-order chi connectivity index (χ0) is 24.0. The normalized spacial score (nSPS) is 11.1. The minimum atomic E-state index is -0.898. The third-order valence-corrected chi connectivity index (χ3v) is 5.88. The maximum absolute atomic E-state index is 12.1. The monoisotopic (exact) mass is 503 g/mol. The Kier molecular flexibility index (Phi) is 8.33. The van der Waals surface area contributed by atoms with Crippen molar-refractivity contribution in [1.29, 1.82) is 0 Å². The average molecular weight is 505 g/mol. The third kappa shape index (κ3) is 6.48. The lowest BCUT2D eigenvalue weighted by Crippen LogP contribution is -2.33. The van der Waals surface area contributed by atoms with Crippen LogP contribution < -0.4 is 15.5 Å². The highest BCUT2D eigenvalue weighted by Gasteiger charge is 2.15. The van der Waals surface area contributed by atoms with Gasteiger partial charge in [0.25, 0.3) is 0 Å². The molecule has 3 aromatic rings. The topological polar surface area (TPSA) is 79.8 Å². The summed E-state index contributed by atoms with van der Waals surface area (Å²) in [6.45, 7) is 3.68. The first-order valence-electron chi connectivity index (χ1n) is 9.83. The first-order chi connectivity index (χ1) is 15.8. The number of carbonyl (C=O) groups is 2. The molecule has 0 saturated heterocycles. The fourth-order valence-electron chi connectivity index (χ4n) is 2.79. The smallest absolute Gasteiger partial charge is 0.329 e. The summed E-state index contributed by atoms with van der Waals surface area (Å²) in [7, 11) is 0. The van der Waals surface area contributed by atoms with Crippen LogP contribution in [0.2, 0.25) is 15.1 Å². The van der Waals surface area contributed by atoms with Gasteiger partial charge >= 0.3 is 11.8 Å². The van der Waals surface area contributed by atoms with Crippen LogP contribution in [0.4, 0.5) is 5.69 Å². The SMILES string of the molecule is C/C(=N\NC(=O)C(=O)Nc1cccc(Cl)c1C)c1ccc(OCc2c(Cl)cccc2Cl)cc1. The molecular weight excluding hydrogens is 485 g/mol. The highest BCUT2D eigenvalue weighted by Crippen LogP contribution is 2.26. The minimum absolute atomic E-state index is 0.224. The van der Waals surface area contributed by atoms with Gasteiger partial charge in [0, 0.05) is 26.3 Å². The number of carbonyl (C=O) groups excluding carboxylic acids is 2. The van der Waals surface area contributed by atoms with Crippen LogP contribution in [0, 0.1) is 6.92 Å². The first kappa shape index (κ1) is 24.6. The average Bonchev–Trinajstić information content (AvgIpc) is 2.80. The fourth-order valence-corrected chi connectivity index (χ4v) is 3.47. The van der Waals surface area contributed by atoms with Gasteiger partial charge in [-0.05, 0) is 73.5 Å². The van der Waals surface area contributed by atoms with Crippen molar-refractivity contribution >= 4 is 58.0 Å². The standard InChI is InChI=1S/C24H20Cl3N3O3/c1-14-19(25)5-4-8-22(14)28-23(31)24(32)30-29-15(2)16-9-11-17(12-10-16)33-13-18-20(26)6-3-7-21(18)27/h3-12H,13H2,1-2H3,(H,28,31)(H,30,32)/b29-15+. The second-order valence-electron chi connectivity index (χ2n) is 7.02. The van der Waals surface area contributed by atoms with Gasteiger partial charge in [0.15, 0.2) is 0 Å². The number of ether oxygens (including phenoxy) is 1. The van der Waals surface area contributed by atoms with E-state index in [1.165, 1.54) is 0 Å². The Morgan fingerprint density at radius 2 is 1.48 bits per heavy atom. The molecule has 170 valence electrons. The van der Waals surface area contributed by atoms with E-state index in [9.17, 15) is 9.59 Å². The van der Waals surface area contributed by atoms with Crippen molar-refractivity contribution in [3.8, 4) is 5.75 Å². The van der Waals surface area contributed by atoms with Crippen LogP contribution >= 0.6 is 34.8 Å². The predicted octanol–water partition coefficient (Wildman–Crippen LogP) is 6.01. The molecule has 9 heteroatoms. The van der Waals surface area contributed by atoms with Crippen LogP contribution in [0.15, 0.2) is 65.8 Å². The number of hydrogen-bond donors (Lipinski definition) is 2. The molecule has 3 aromatic carbocycles. The van der Waals surface area contributed by atoms with E-state index < -0.39 is 11.8 Å². The van der Waals surface area contributed by atoms with Gasteiger partial charge in [-0.15, -0.1) is 0 Å². The van der Waals surface area contributed by atoms with Gasteiger partial charge in [-0.2, -0.15) is 5.10 Å². The molecule has 0 saturated carbocycles. The molecule has 0 aliphatic carbocycles. The maximum atomic E-state index is 12.1. The molecule has 0 spiro atoms. The molecule has 0 aliphatic rings. The van der Waals surface area contributed by atoms with E-state index >= 15 is 0 Å². The molecule has 2 amide bonds. The van der Waals surface area contributed by atoms with Gasteiger partial charge in [-0.1, -0.05) is 46.9 Å². The number of rotatable bonds is 6. The molecule has 6 nitrogen and oxygen atoms in total. The van der Waals surface area contributed by atoms with E-state index in [1.807, 2.05) is 0 Å². The lowest BCUT2D eigenvalue weighted by atomic mass is 10.1. The Hall–Kier alpha value is -3.06. The second-order valence-corrected chi connectivity index (χ2v) is 8.24. The Bertz CT molecular complexity index is 1190. The molecule has 0 unspecified atom stereocenters. The molecule has 0 radical (unpaired) electrons. The van der Waals surface area contributed by atoms with Gasteiger partial charge in [0.2, 0.25) is 0 Å². The molecule has 0 aliphatic heterocycles. The Labute approximate surface area is 206 Å². The number of nitrogens with one attached hydrogen (secondary N) is 2. The number of amides is 2. The van der Waals surface area contributed by atoms with Crippen LogP contribution in [0.25, 0.3) is 0 Å². The van der Waals surface area contributed by atoms with Crippen molar-refractivity contribution < 1.29 is 14.3 Å². The number of nitrogens with zero attached hydrogens (tertiary/aromatic N) is 1. The van der Waals surface area contributed by atoms with E-state index in [4.69, 9.17) is 39.5 Å². The van der Waals surface area contributed by atoms with Crippen molar-refractivity contribution in [3.63, 3.8) is 0 Å². The number of halogens is 3. The molecule has 0 heterocycles. The van der Waals surface area contributed by atoms with Gasteiger partial charge < -0.3 is 10.1 Å². The molecule has 33 heavy (non-hydrogen) atoms. The summed E-state index contributed by atoms with van der Waals surface area (Å²) in [4.78, 5) is 24.2. The van der Waals surface area contributed by atoms with Crippen molar-refractivity contribution in [2.24, 2.45) is 5.10 Å². The molecule has 2 N–H and O–H groups in total. The van der Waals surface area contributed by atoms with Gasteiger partial charge in [-0.25, -0.2) is 5.43 Å². The Morgan fingerprint density at radius 1 is 0.879 bits per heavy atom. The molecule has 0 aromatic heterocycles. The second kappa shape index (κ2) is 11.2.